The Morgan fingerprint density at radius 1 is 1.20 bits per heavy atom. The lowest BCUT2D eigenvalue weighted by Crippen LogP contribution is -2.33. The van der Waals surface area contributed by atoms with Gasteiger partial charge in [0, 0.05) is 41.5 Å². The Morgan fingerprint density at radius 3 is 2.61 bits per heavy atom. The van der Waals surface area contributed by atoms with Gasteiger partial charge in [-0.05, 0) is 85.0 Å². The number of carboxylic acids is 1. The molecule has 2 aliphatic rings. The van der Waals surface area contributed by atoms with Crippen LogP contribution in [0, 0.1) is 19.7 Å². The molecule has 10 nitrogen and oxygen atoms in total. The van der Waals surface area contributed by atoms with Gasteiger partial charge in [-0.25, -0.2) is 18.7 Å². The first-order valence-electron chi connectivity index (χ1n) is 14.2. The van der Waals surface area contributed by atoms with Crippen molar-refractivity contribution in [2.45, 2.75) is 72.0 Å². The maximum atomic E-state index is 15.5. The Bertz CT molecular complexity index is 1490. The average Bonchev–Trinajstić information content (AvgIpc) is 3.58. The van der Waals surface area contributed by atoms with E-state index < -0.39 is 23.5 Å². The van der Waals surface area contributed by atoms with E-state index in [2.05, 4.69) is 20.3 Å². The number of nitrogens with one attached hydrogen (secondary N) is 1. The number of hydrogen-bond acceptors (Lipinski definition) is 7. The van der Waals surface area contributed by atoms with E-state index in [1.807, 2.05) is 6.92 Å². The molecule has 2 aromatic heterocycles. The Labute approximate surface area is 238 Å². The topological polar surface area (TPSA) is 118 Å². The summed E-state index contributed by atoms with van der Waals surface area (Å²) in [6.07, 6.45) is 2.28. The molecule has 220 valence electrons. The fourth-order valence-electron chi connectivity index (χ4n) is 5.73. The molecule has 1 fully saturated rings. The van der Waals surface area contributed by atoms with Crippen LogP contribution in [0.2, 0.25) is 0 Å². The van der Waals surface area contributed by atoms with Crippen LogP contribution in [0.1, 0.15) is 79.0 Å². The summed E-state index contributed by atoms with van der Waals surface area (Å²) in [6, 6.07) is 2.92. The van der Waals surface area contributed by atoms with Crippen LogP contribution in [0.15, 0.2) is 12.1 Å². The summed E-state index contributed by atoms with van der Waals surface area (Å²) < 4.78 is 28.6. The second-order valence-electron chi connectivity index (χ2n) is 11.8. The SMILES string of the molecule is Cc1nc2cc(C(=O)NCCN3CCCC3)nn2c(-c2cc(F)c3c(c2C)CCCO3)c1C(OC(C)(C)C)C(=O)O. The van der Waals surface area contributed by atoms with E-state index in [0.29, 0.717) is 42.2 Å². The highest BCUT2D eigenvalue weighted by Gasteiger charge is 2.35. The number of aryl methyl sites for hydroxylation is 1. The molecule has 1 amide bonds. The number of fused-ring (bicyclic) bond motifs is 2. The Hall–Kier alpha value is -3.57. The zero-order valence-electron chi connectivity index (χ0n) is 24.3. The maximum Gasteiger partial charge on any atom is 0.337 e. The van der Waals surface area contributed by atoms with Gasteiger partial charge in [0.05, 0.1) is 17.9 Å². The fourth-order valence-corrected chi connectivity index (χ4v) is 5.73. The summed E-state index contributed by atoms with van der Waals surface area (Å²) in [5, 5.41) is 17.8. The molecule has 11 heteroatoms. The first-order chi connectivity index (χ1) is 19.4. The molecule has 0 aliphatic carbocycles. The minimum Gasteiger partial charge on any atom is -0.490 e. The second-order valence-corrected chi connectivity index (χ2v) is 11.8. The van der Waals surface area contributed by atoms with Crippen molar-refractivity contribution in [3.05, 3.63) is 46.0 Å². The highest BCUT2D eigenvalue weighted by Crippen LogP contribution is 2.41. The van der Waals surface area contributed by atoms with Crippen molar-refractivity contribution in [1.82, 2.24) is 24.8 Å². The van der Waals surface area contributed by atoms with E-state index in [0.717, 1.165) is 37.2 Å². The highest BCUT2D eigenvalue weighted by atomic mass is 19.1. The van der Waals surface area contributed by atoms with Gasteiger partial charge in [0.2, 0.25) is 0 Å². The Balaban J connectivity index is 1.66. The van der Waals surface area contributed by atoms with Crippen LogP contribution in [-0.4, -0.2) is 74.9 Å². The number of hydrogen-bond donors (Lipinski definition) is 2. The first kappa shape index (κ1) is 28.9. The summed E-state index contributed by atoms with van der Waals surface area (Å²) >= 11 is 0. The van der Waals surface area contributed by atoms with Crippen LogP contribution >= 0.6 is 0 Å². The number of aliphatic carboxylic acids is 1. The molecular formula is C30H38FN5O5. The Kier molecular flexibility index (Phi) is 8.02. The quantitative estimate of drug-likeness (QED) is 0.415. The number of halogens is 1. The molecule has 1 unspecified atom stereocenters. The smallest absolute Gasteiger partial charge is 0.337 e. The molecule has 2 aliphatic heterocycles. The van der Waals surface area contributed by atoms with E-state index >= 15 is 4.39 Å². The van der Waals surface area contributed by atoms with Gasteiger partial charge in [-0.2, -0.15) is 5.10 Å². The predicted molar refractivity (Wildman–Crippen MR) is 151 cm³/mol. The number of carbonyl (C=O) groups is 2. The molecule has 1 atom stereocenters. The van der Waals surface area contributed by atoms with Crippen LogP contribution in [0.3, 0.4) is 0 Å². The van der Waals surface area contributed by atoms with Gasteiger partial charge in [0.15, 0.2) is 29.0 Å². The normalized spacial score (nSPS) is 16.4. The van der Waals surface area contributed by atoms with Crippen LogP contribution in [-0.2, 0) is 16.0 Å². The summed E-state index contributed by atoms with van der Waals surface area (Å²) in [7, 11) is 0. The molecule has 5 rings (SSSR count). The summed E-state index contributed by atoms with van der Waals surface area (Å²) in [6.45, 7) is 12.6. The monoisotopic (exact) mass is 567 g/mol. The molecule has 0 radical (unpaired) electrons. The van der Waals surface area contributed by atoms with E-state index in [4.69, 9.17) is 9.47 Å². The van der Waals surface area contributed by atoms with Crippen molar-refractivity contribution >= 4 is 17.5 Å². The van der Waals surface area contributed by atoms with Crippen LogP contribution in [0.5, 0.6) is 5.75 Å². The minimum atomic E-state index is -1.42. The van der Waals surface area contributed by atoms with E-state index in [1.54, 1.807) is 33.8 Å². The largest absolute Gasteiger partial charge is 0.490 e. The molecule has 0 saturated carbocycles. The van der Waals surface area contributed by atoms with Gasteiger partial charge in [-0.3, -0.25) is 4.79 Å². The molecule has 0 spiro atoms. The second kappa shape index (κ2) is 11.4. The number of carbonyl (C=O) groups excluding carboxylic acids is 1. The average molecular weight is 568 g/mol. The number of nitrogens with zero attached hydrogens (tertiary/aromatic N) is 4. The standard InChI is InChI=1S/C30H38FN5O5/c1-17-19-9-8-14-40-26(19)21(31)15-20(17)25-24(27(29(38)39)41-30(3,4)5)18(2)33-23-16-22(34-36(23)25)28(37)32-10-13-35-11-6-7-12-35/h15-16,27H,6-14H2,1-5H3,(H,32,37)(H,38,39). The van der Waals surface area contributed by atoms with E-state index in [9.17, 15) is 14.7 Å². The lowest BCUT2D eigenvalue weighted by molar-refractivity contribution is -0.160. The number of benzene rings is 1. The number of carboxylic acid groups (broad SMARTS) is 1. The third-order valence-electron chi connectivity index (χ3n) is 7.62. The van der Waals surface area contributed by atoms with Gasteiger partial charge in [-0.1, -0.05) is 0 Å². The lowest BCUT2D eigenvalue weighted by Gasteiger charge is -2.28. The van der Waals surface area contributed by atoms with E-state index in [-0.39, 0.29) is 22.9 Å². The van der Waals surface area contributed by atoms with Gasteiger partial charge in [0.25, 0.3) is 5.91 Å². The molecule has 4 heterocycles. The predicted octanol–water partition coefficient (Wildman–Crippen LogP) is 4.24. The number of likely N-dealkylation sites (tertiary alicyclic amines) is 1. The van der Waals surface area contributed by atoms with Crippen molar-refractivity contribution in [1.29, 1.82) is 0 Å². The number of ether oxygens (including phenoxy) is 2. The molecule has 1 saturated heterocycles. The number of rotatable bonds is 8. The summed E-state index contributed by atoms with van der Waals surface area (Å²) in [5.74, 6) is -1.89. The molecular weight excluding hydrogens is 529 g/mol. The van der Waals surface area contributed by atoms with Crippen LogP contribution in [0.4, 0.5) is 4.39 Å². The van der Waals surface area contributed by atoms with Gasteiger partial charge in [0.1, 0.15) is 0 Å². The molecule has 2 N–H and O–H groups in total. The third kappa shape index (κ3) is 5.92. The van der Waals surface area contributed by atoms with Crippen molar-refractivity contribution in [3.63, 3.8) is 0 Å². The van der Waals surface area contributed by atoms with Crippen LogP contribution in [0.25, 0.3) is 16.9 Å². The number of aromatic nitrogens is 3. The molecule has 41 heavy (non-hydrogen) atoms. The van der Waals surface area contributed by atoms with Crippen molar-refractivity contribution in [2.24, 2.45) is 0 Å². The zero-order chi connectivity index (χ0) is 29.5. The zero-order valence-corrected chi connectivity index (χ0v) is 24.3. The molecule has 3 aromatic rings. The lowest BCUT2D eigenvalue weighted by atomic mass is 9.91. The maximum absolute atomic E-state index is 15.5. The first-order valence-corrected chi connectivity index (χ1v) is 14.2. The fraction of sp³-hybridized carbons (Fsp3) is 0.533. The van der Waals surface area contributed by atoms with Crippen molar-refractivity contribution in [3.8, 4) is 17.0 Å². The summed E-state index contributed by atoms with van der Waals surface area (Å²) in [5.41, 5.74) is 2.57. The van der Waals surface area contributed by atoms with Crippen molar-refractivity contribution in [2.75, 3.05) is 32.8 Å². The molecule has 1 aromatic carbocycles. The van der Waals surface area contributed by atoms with Crippen molar-refractivity contribution < 1.29 is 28.6 Å². The minimum absolute atomic E-state index is 0.139. The van der Waals surface area contributed by atoms with Gasteiger partial charge >= 0.3 is 5.97 Å². The van der Waals surface area contributed by atoms with E-state index in [1.165, 1.54) is 23.4 Å². The summed E-state index contributed by atoms with van der Waals surface area (Å²) in [4.78, 5) is 32.7. The molecule has 0 bridgehead atoms. The van der Waals surface area contributed by atoms with Gasteiger partial charge in [-0.15, -0.1) is 0 Å². The third-order valence-corrected chi connectivity index (χ3v) is 7.62. The van der Waals surface area contributed by atoms with Crippen LogP contribution < -0.4 is 10.1 Å². The highest BCUT2D eigenvalue weighted by molar-refractivity contribution is 5.93. The Morgan fingerprint density at radius 2 is 1.93 bits per heavy atom. The van der Waals surface area contributed by atoms with Gasteiger partial charge < -0.3 is 24.8 Å². The number of amides is 1.